The summed E-state index contributed by atoms with van der Waals surface area (Å²) in [5.41, 5.74) is 8.82. The van der Waals surface area contributed by atoms with Crippen molar-refractivity contribution in [1.29, 1.82) is 0 Å². The number of rotatable bonds is 3. The summed E-state index contributed by atoms with van der Waals surface area (Å²) >= 11 is 0. The quantitative estimate of drug-likeness (QED) is 0.642. The van der Waals surface area contributed by atoms with Gasteiger partial charge in [-0.05, 0) is 31.3 Å². The molecule has 70 valence electrons. The van der Waals surface area contributed by atoms with E-state index >= 15 is 0 Å². The van der Waals surface area contributed by atoms with Crippen LogP contribution in [0.15, 0.2) is 23.4 Å². The highest BCUT2D eigenvalue weighted by molar-refractivity contribution is 5.29. The van der Waals surface area contributed by atoms with Gasteiger partial charge in [-0.2, -0.15) is 0 Å². The molecule has 0 bridgehead atoms. The Hall–Kier alpha value is -0.720. The Morgan fingerprint density at radius 2 is 1.58 bits per heavy atom. The van der Waals surface area contributed by atoms with Crippen molar-refractivity contribution >= 4 is 0 Å². The average molecular weight is 167 g/mol. The second kappa shape index (κ2) is 4.34. The fourth-order valence-corrected chi connectivity index (χ4v) is 1.09. The van der Waals surface area contributed by atoms with Crippen LogP contribution < -0.4 is 5.73 Å². The maximum absolute atomic E-state index is 5.62. The van der Waals surface area contributed by atoms with Gasteiger partial charge in [0.1, 0.15) is 0 Å². The summed E-state index contributed by atoms with van der Waals surface area (Å²) in [5.74, 6) is 1.25. The van der Waals surface area contributed by atoms with Crippen molar-refractivity contribution in [3.05, 3.63) is 23.4 Å². The minimum Gasteiger partial charge on any atom is -0.399 e. The molecule has 1 unspecified atom stereocenters. The molecule has 0 fully saturated rings. The molecule has 0 saturated heterocycles. The largest absolute Gasteiger partial charge is 0.399 e. The number of hydrogen-bond donors (Lipinski definition) is 1. The van der Waals surface area contributed by atoms with Crippen molar-refractivity contribution in [1.82, 2.24) is 0 Å². The van der Waals surface area contributed by atoms with Crippen LogP contribution in [0.4, 0.5) is 0 Å². The molecule has 0 aromatic heterocycles. The molecule has 0 heterocycles. The van der Waals surface area contributed by atoms with E-state index in [-0.39, 0.29) is 0 Å². The molecular weight excluding hydrogens is 146 g/mol. The fraction of sp³-hybridized carbons (Fsp3) is 0.636. The molecule has 0 spiro atoms. The SMILES string of the molecule is C=C(N)/C(C)=C(/C)C(C)C(C)C. The molecule has 1 atom stereocenters. The van der Waals surface area contributed by atoms with Crippen LogP contribution in [0.25, 0.3) is 0 Å². The van der Waals surface area contributed by atoms with Gasteiger partial charge in [-0.15, -0.1) is 0 Å². The summed E-state index contributed by atoms with van der Waals surface area (Å²) in [6, 6.07) is 0. The molecule has 0 aromatic rings. The lowest BCUT2D eigenvalue weighted by Crippen LogP contribution is -2.09. The van der Waals surface area contributed by atoms with E-state index in [0.717, 1.165) is 5.57 Å². The average Bonchev–Trinajstić information content (AvgIpc) is 2.00. The van der Waals surface area contributed by atoms with Crippen molar-refractivity contribution in [2.24, 2.45) is 17.6 Å². The summed E-state index contributed by atoms with van der Waals surface area (Å²) in [7, 11) is 0. The van der Waals surface area contributed by atoms with Gasteiger partial charge in [-0.3, -0.25) is 0 Å². The summed E-state index contributed by atoms with van der Waals surface area (Å²) in [4.78, 5) is 0. The molecule has 0 rings (SSSR count). The second-order valence-electron chi connectivity index (χ2n) is 3.87. The first-order valence-electron chi connectivity index (χ1n) is 4.50. The highest BCUT2D eigenvalue weighted by Crippen LogP contribution is 2.23. The molecule has 2 N–H and O–H groups in total. The Morgan fingerprint density at radius 3 is 1.83 bits per heavy atom. The molecule has 0 aromatic carbocycles. The first-order chi connectivity index (χ1) is 5.37. The number of nitrogens with two attached hydrogens (primary N) is 1. The molecule has 0 aliphatic heterocycles. The standard InChI is InChI=1S/C11H21N/c1-7(2)8(3)9(4)10(5)11(6)12/h7-8H,6,12H2,1-5H3/b10-9-. The van der Waals surface area contributed by atoms with Gasteiger partial charge in [0.15, 0.2) is 0 Å². The highest BCUT2D eigenvalue weighted by atomic mass is 14.6. The monoisotopic (exact) mass is 167 g/mol. The van der Waals surface area contributed by atoms with E-state index < -0.39 is 0 Å². The van der Waals surface area contributed by atoms with E-state index in [1.165, 1.54) is 5.57 Å². The predicted molar refractivity (Wildman–Crippen MR) is 55.7 cm³/mol. The van der Waals surface area contributed by atoms with Crippen molar-refractivity contribution in [2.45, 2.75) is 34.6 Å². The maximum atomic E-state index is 5.62. The van der Waals surface area contributed by atoms with Crippen LogP contribution in [-0.4, -0.2) is 0 Å². The van der Waals surface area contributed by atoms with Crippen LogP contribution in [0.5, 0.6) is 0 Å². The van der Waals surface area contributed by atoms with E-state index in [2.05, 4.69) is 34.3 Å². The van der Waals surface area contributed by atoms with Gasteiger partial charge in [0.25, 0.3) is 0 Å². The molecule has 0 aliphatic carbocycles. The smallest absolute Gasteiger partial charge is 0.0270 e. The van der Waals surface area contributed by atoms with E-state index in [4.69, 9.17) is 5.73 Å². The molecule has 1 nitrogen and oxygen atoms in total. The summed E-state index contributed by atoms with van der Waals surface area (Å²) in [6.07, 6.45) is 0. The zero-order valence-electron chi connectivity index (χ0n) is 8.94. The lowest BCUT2D eigenvalue weighted by Gasteiger charge is -2.19. The molecule has 0 aliphatic rings. The van der Waals surface area contributed by atoms with Crippen LogP contribution in [0.2, 0.25) is 0 Å². The van der Waals surface area contributed by atoms with Gasteiger partial charge in [-0.1, -0.05) is 32.9 Å². The minimum atomic E-state index is 0.588. The third-order valence-corrected chi connectivity index (χ3v) is 2.76. The van der Waals surface area contributed by atoms with Gasteiger partial charge in [0, 0.05) is 5.70 Å². The van der Waals surface area contributed by atoms with Gasteiger partial charge in [0.2, 0.25) is 0 Å². The van der Waals surface area contributed by atoms with Crippen molar-refractivity contribution in [2.75, 3.05) is 0 Å². The Kier molecular flexibility index (Phi) is 4.08. The van der Waals surface area contributed by atoms with Gasteiger partial charge in [-0.25, -0.2) is 0 Å². The Bertz CT molecular complexity index is 199. The third kappa shape index (κ3) is 2.72. The predicted octanol–water partition coefficient (Wildman–Crippen LogP) is 3.09. The van der Waals surface area contributed by atoms with Crippen LogP contribution in [0.1, 0.15) is 34.6 Å². The summed E-state index contributed by atoms with van der Waals surface area (Å²) in [5, 5.41) is 0. The number of hydrogen-bond acceptors (Lipinski definition) is 1. The van der Waals surface area contributed by atoms with E-state index in [9.17, 15) is 0 Å². The van der Waals surface area contributed by atoms with Gasteiger partial charge >= 0.3 is 0 Å². The summed E-state index contributed by atoms with van der Waals surface area (Å²) in [6.45, 7) is 14.6. The van der Waals surface area contributed by atoms with Crippen LogP contribution >= 0.6 is 0 Å². The van der Waals surface area contributed by atoms with Crippen LogP contribution in [0.3, 0.4) is 0 Å². The summed E-state index contributed by atoms with van der Waals surface area (Å²) < 4.78 is 0. The Labute approximate surface area is 76.3 Å². The second-order valence-corrected chi connectivity index (χ2v) is 3.87. The Morgan fingerprint density at radius 1 is 1.17 bits per heavy atom. The first kappa shape index (κ1) is 11.3. The third-order valence-electron chi connectivity index (χ3n) is 2.76. The molecular formula is C11H21N. The molecule has 0 radical (unpaired) electrons. The minimum absolute atomic E-state index is 0.588. The van der Waals surface area contributed by atoms with Crippen molar-refractivity contribution in [3.63, 3.8) is 0 Å². The van der Waals surface area contributed by atoms with Gasteiger partial charge in [0.05, 0.1) is 0 Å². The van der Waals surface area contributed by atoms with Crippen LogP contribution in [-0.2, 0) is 0 Å². The lowest BCUT2D eigenvalue weighted by atomic mass is 9.88. The van der Waals surface area contributed by atoms with E-state index in [0.29, 0.717) is 17.5 Å². The fourth-order valence-electron chi connectivity index (χ4n) is 1.09. The van der Waals surface area contributed by atoms with Crippen molar-refractivity contribution in [3.8, 4) is 0 Å². The molecule has 0 saturated carbocycles. The zero-order chi connectivity index (χ0) is 9.89. The Balaban J connectivity index is 4.66. The highest BCUT2D eigenvalue weighted by Gasteiger charge is 2.11. The van der Waals surface area contributed by atoms with Gasteiger partial charge < -0.3 is 5.73 Å². The lowest BCUT2D eigenvalue weighted by molar-refractivity contribution is 0.477. The van der Waals surface area contributed by atoms with Crippen LogP contribution in [0, 0.1) is 11.8 Å². The zero-order valence-corrected chi connectivity index (χ0v) is 8.94. The van der Waals surface area contributed by atoms with E-state index in [1.54, 1.807) is 0 Å². The first-order valence-corrected chi connectivity index (χ1v) is 4.50. The molecule has 0 amide bonds. The molecule has 12 heavy (non-hydrogen) atoms. The normalized spacial score (nSPS) is 15.8. The topological polar surface area (TPSA) is 26.0 Å². The van der Waals surface area contributed by atoms with E-state index in [1.807, 2.05) is 6.92 Å². The van der Waals surface area contributed by atoms with Crippen molar-refractivity contribution < 1.29 is 0 Å². The number of allylic oxidation sites excluding steroid dienone is 2. The maximum Gasteiger partial charge on any atom is 0.0270 e. The molecule has 1 heteroatoms.